The summed E-state index contributed by atoms with van der Waals surface area (Å²) in [5, 5.41) is 0. The molecule has 0 atom stereocenters. The summed E-state index contributed by atoms with van der Waals surface area (Å²) in [7, 11) is 0. The Morgan fingerprint density at radius 2 is 1.87 bits per heavy atom. The fourth-order valence-electron chi connectivity index (χ4n) is 1.46. The van der Waals surface area contributed by atoms with Gasteiger partial charge < -0.3 is 4.42 Å². The van der Waals surface area contributed by atoms with Gasteiger partial charge in [-0.05, 0) is 12.1 Å². The summed E-state index contributed by atoms with van der Waals surface area (Å²) < 4.78 is 5.17. The van der Waals surface area contributed by atoms with Gasteiger partial charge in [0.05, 0.1) is 6.26 Å². The molecule has 0 amide bonds. The van der Waals surface area contributed by atoms with Gasteiger partial charge in [0.2, 0.25) is 0 Å². The van der Waals surface area contributed by atoms with Crippen LogP contribution in [-0.4, -0.2) is 5.78 Å². The van der Waals surface area contributed by atoms with Crippen LogP contribution in [0.2, 0.25) is 0 Å². The summed E-state index contributed by atoms with van der Waals surface area (Å²) in [5.74, 6) is 1.02. The van der Waals surface area contributed by atoms with Crippen LogP contribution < -0.4 is 0 Å². The van der Waals surface area contributed by atoms with Gasteiger partial charge in [-0.25, -0.2) is 0 Å². The molecule has 0 bridgehead atoms. The highest BCUT2D eigenvalue weighted by atomic mass is 16.3. The second-order valence-corrected chi connectivity index (χ2v) is 3.37. The van der Waals surface area contributed by atoms with Gasteiger partial charge in [0.25, 0.3) is 0 Å². The third-order valence-electron chi connectivity index (χ3n) is 2.27. The molecule has 0 radical (unpaired) electrons. The number of ketones is 1. The average Bonchev–Trinajstić information content (AvgIpc) is 2.80. The van der Waals surface area contributed by atoms with Gasteiger partial charge in [0.15, 0.2) is 5.78 Å². The average molecular weight is 200 g/mol. The predicted molar refractivity (Wildman–Crippen MR) is 57.8 cm³/mol. The monoisotopic (exact) mass is 200 g/mol. The number of benzene rings is 1. The lowest BCUT2D eigenvalue weighted by Gasteiger charge is -1.98. The molecular weight excluding hydrogens is 188 g/mol. The van der Waals surface area contributed by atoms with E-state index in [9.17, 15) is 4.79 Å². The van der Waals surface area contributed by atoms with Gasteiger partial charge in [-0.3, -0.25) is 4.79 Å². The second-order valence-electron chi connectivity index (χ2n) is 3.37. The molecule has 76 valence electrons. The van der Waals surface area contributed by atoms with Gasteiger partial charge in [-0.1, -0.05) is 30.3 Å². The van der Waals surface area contributed by atoms with E-state index in [4.69, 9.17) is 4.42 Å². The third-order valence-corrected chi connectivity index (χ3v) is 2.27. The zero-order chi connectivity index (χ0) is 10.5. The van der Waals surface area contributed by atoms with E-state index in [1.165, 1.54) is 0 Å². The first-order valence-electron chi connectivity index (χ1n) is 4.97. The summed E-state index contributed by atoms with van der Waals surface area (Å²) in [6.07, 6.45) is 2.79. The summed E-state index contributed by atoms with van der Waals surface area (Å²) in [5.41, 5.74) is 0.768. The van der Waals surface area contributed by atoms with E-state index in [1.807, 2.05) is 42.5 Å². The molecule has 2 aromatic rings. The van der Waals surface area contributed by atoms with E-state index >= 15 is 0 Å². The summed E-state index contributed by atoms with van der Waals surface area (Å²) in [6.45, 7) is 0. The Labute approximate surface area is 88.5 Å². The Hall–Kier alpha value is -1.83. The molecular formula is C13H12O2. The summed E-state index contributed by atoms with van der Waals surface area (Å²) >= 11 is 0. The second kappa shape index (κ2) is 4.60. The molecule has 0 aliphatic heterocycles. The van der Waals surface area contributed by atoms with Crippen LogP contribution in [0.5, 0.6) is 0 Å². The first kappa shape index (κ1) is 9.71. The van der Waals surface area contributed by atoms with Crippen molar-refractivity contribution in [3.05, 3.63) is 60.1 Å². The molecule has 15 heavy (non-hydrogen) atoms. The maximum Gasteiger partial charge on any atom is 0.163 e. The molecule has 1 aromatic heterocycles. The lowest BCUT2D eigenvalue weighted by Crippen LogP contribution is -2.00. The molecule has 0 N–H and O–H groups in total. The van der Waals surface area contributed by atoms with Crippen molar-refractivity contribution in [1.29, 1.82) is 0 Å². The predicted octanol–water partition coefficient (Wildman–Crippen LogP) is 3.10. The Bertz CT molecular complexity index is 415. The van der Waals surface area contributed by atoms with Crippen LogP contribution in [0.4, 0.5) is 0 Å². The van der Waals surface area contributed by atoms with Crippen LogP contribution in [0.3, 0.4) is 0 Å². The van der Waals surface area contributed by atoms with Crippen molar-refractivity contribution < 1.29 is 9.21 Å². The molecule has 2 rings (SSSR count). The highest BCUT2D eigenvalue weighted by Crippen LogP contribution is 2.08. The summed E-state index contributed by atoms with van der Waals surface area (Å²) in [6, 6.07) is 13.1. The lowest BCUT2D eigenvalue weighted by molar-refractivity contribution is 0.0981. The van der Waals surface area contributed by atoms with Crippen LogP contribution in [0.15, 0.2) is 53.1 Å². The minimum atomic E-state index is 0.159. The van der Waals surface area contributed by atoms with Gasteiger partial charge >= 0.3 is 0 Å². The van der Waals surface area contributed by atoms with E-state index in [0.717, 1.165) is 11.3 Å². The van der Waals surface area contributed by atoms with Crippen molar-refractivity contribution in [2.75, 3.05) is 0 Å². The van der Waals surface area contributed by atoms with Crippen molar-refractivity contribution in [3.63, 3.8) is 0 Å². The quantitative estimate of drug-likeness (QED) is 0.710. The molecule has 0 unspecified atom stereocenters. The number of rotatable bonds is 4. The Morgan fingerprint density at radius 1 is 1.07 bits per heavy atom. The summed E-state index contributed by atoms with van der Waals surface area (Å²) in [4.78, 5) is 11.7. The van der Waals surface area contributed by atoms with Crippen molar-refractivity contribution in [1.82, 2.24) is 0 Å². The molecule has 1 aromatic carbocycles. The van der Waals surface area contributed by atoms with Crippen LogP contribution in [0.25, 0.3) is 0 Å². The van der Waals surface area contributed by atoms with E-state index < -0.39 is 0 Å². The van der Waals surface area contributed by atoms with Crippen LogP contribution in [0, 0.1) is 0 Å². The van der Waals surface area contributed by atoms with Crippen molar-refractivity contribution in [2.24, 2.45) is 0 Å². The molecule has 1 heterocycles. The Morgan fingerprint density at radius 3 is 2.53 bits per heavy atom. The van der Waals surface area contributed by atoms with E-state index in [1.54, 1.807) is 6.26 Å². The molecule has 0 fully saturated rings. The topological polar surface area (TPSA) is 30.2 Å². The third kappa shape index (κ3) is 2.56. The SMILES string of the molecule is O=C(CCc1ccco1)c1ccccc1. The van der Waals surface area contributed by atoms with Gasteiger partial charge in [0, 0.05) is 18.4 Å². The molecule has 2 heteroatoms. The molecule has 2 nitrogen and oxygen atoms in total. The molecule has 0 aliphatic carbocycles. The van der Waals surface area contributed by atoms with E-state index in [0.29, 0.717) is 12.8 Å². The maximum absolute atomic E-state index is 11.7. The highest BCUT2D eigenvalue weighted by Gasteiger charge is 2.05. The number of carbonyl (C=O) groups is 1. The van der Waals surface area contributed by atoms with Crippen LogP contribution >= 0.6 is 0 Å². The number of hydrogen-bond donors (Lipinski definition) is 0. The number of aryl methyl sites for hydroxylation is 1. The van der Waals surface area contributed by atoms with Crippen molar-refractivity contribution >= 4 is 5.78 Å². The smallest absolute Gasteiger partial charge is 0.163 e. The number of Topliss-reactive ketones (excluding diaryl/α,β-unsaturated/α-hetero) is 1. The Kier molecular flexibility index (Phi) is 2.98. The zero-order valence-electron chi connectivity index (χ0n) is 8.35. The standard InChI is InChI=1S/C13H12O2/c14-13(11-5-2-1-3-6-11)9-8-12-7-4-10-15-12/h1-7,10H,8-9H2. The lowest BCUT2D eigenvalue weighted by atomic mass is 10.1. The highest BCUT2D eigenvalue weighted by molar-refractivity contribution is 5.96. The van der Waals surface area contributed by atoms with Crippen LogP contribution in [-0.2, 0) is 6.42 Å². The molecule has 0 spiro atoms. The molecule has 0 saturated carbocycles. The fraction of sp³-hybridized carbons (Fsp3) is 0.154. The fourth-order valence-corrected chi connectivity index (χ4v) is 1.46. The van der Waals surface area contributed by atoms with Crippen molar-refractivity contribution in [3.8, 4) is 0 Å². The van der Waals surface area contributed by atoms with Gasteiger partial charge in [-0.15, -0.1) is 0 Å². The molecule has 0 aliphatic rings. The number of hydrogen-bond acceptors (Lipinski definition) is 2. The van der Waals surface area contributed by atoms with Gasteiger partial charge in [-0.2, -0.15) is 0 Å². The number of furan rings is 1. The maximum atomic E-state index is 11.7. The number of carbonyl (C=O) groups excluding carboxylic acids is 1. The normalized spacial score (nSPS) is 10.1. The van der Waals surface area contributed by atoms with Crippen LogP contribution in [0.1, 0.15) is 22.5 Å². The van der Waals surface area contributed by atoms with Crippen molar-refractivity contribution in [2.45, 2.75) is 12.8 Å². The van der Waals surface area contributed by atoms with E-state index in [-0.39, 0.29) is 5.78 Å². The zero-order valence-corrected chi connectivity index (χ0v) is 8.35. The first-order valence-corrected chi connectivity index (χ1v) is 4.97. The van der Waals surface area contributed by atoms with Gasteiger partial charge in [0.1, 0.15) is 5.76 Å². The Balaban J connectivity index is 1.94. The molecule has 0 saturated heterocycles. The van der Waals surface area contributed by atoms with E-state index in [2.05, 4.69) is 0 Å². The first-order chi connectivity index (χ1) is 7.36. The minimum Gasteiger partial charge on any atom is -0.469 e. The largest absolute Gasteiger partial charge is 0.469 e. The minimum absolute atomic E-state index is 0.159.